The van der Waals surface area contributed by atoms with Gasteiger partial charge in [-0.3, -0.25) is 0 Å². The molecule has 0 spiro atoms. The molecule has 0 aromatic heterocycles. The Balaban J connectivity index is 1.21. The number of ether oxygens (including phenoxy) is 2. The maximum Gasteiger partial charge on any atom is 0.119 e. The van der Waals surface area contributed by atoms with E-state index in [4.69, 9.17) is 29.0 Å². The van der Waals surface area contributed by atoms with Gasteiger partial charge in [-0.1, -0.05) is 145 Å². The summed E-state index contributed by atoms with van der Waals surface area (Å²) in [6, 6.07) is 23.0. The first-order valence-corrected chi connectivity index (χ1v) is 27.0. The largest absolute Gasteiger partial charge is 0.508 e. The van der Waals surface area contributed by atoms with E-state index < -0.39 is 47.5 Å². The molecule has 5 rings (SSSR count). The van der Waals surface area contributed by atoms with Crippen LogP contribution in [0.15, 0.2) is 72.8 Å². The summed E-state index contributed by atoms with van der Waals surface area (Å²) in [5, 5.41) is 86.2. The standard InChI is InChI=1S/C62H92O14/c1-56(2,3)47-29-40(17-21-51(47)67)60(13,41-18-22-52(68)48(30-41)57(4,5)6)25-15-27-73-75-37-44(64)33-62(55-39-71-55,72-36-46(66)35-63)34-45(65)38-76-74-28-16-26-61(14,42-19-23-53(69)49(31-42)58(7,8)9)43-20-24-54(70)50(32-43)59(10,11)12/h17-24,29-32,44-46,55,63-70H,15-16,25-28,33-39H2,1-14H3. The predicted octanol–water partition coefficient (Wildman–Crippen LogP) is 10.5. The van der Waals surface area contributed by atoms with E-state index in [1.807, 2.05) is 24.3 Å². The van der Waals surface area contributed by atoms with Crippen molar-refractivity contribution in [3.63, 3.8) is 0 Å². The molecule has 0 radical (unpaired) electrons. The molecule has 4 unspecified atom stereocenters. The Hall–Kier alpha value is -4.32. The van der Waals surface area contributed by atoms with E-state index in [9.17, 15) is 40.9 Å². The zero-order valence-electron chi connectivity index (χ0n) is 48.0. The monoisotopic (exact) mass is 1060 g/mol. The van der Waals surface area contributed by atoms with Gasteiger partial charge < -0.3 is 50.3 Å². The number of benzene rings is 4. The number of phenols is 4. The fourth-order valence-electron chi connectivity index (χ4n) is 10.3. The fourth-order valence-corrected chi connectivity index (χ4v) is 10.3. The third kappa shape index (κ3) is 16.1. The van der Waals surface area contributed by atoms with Gasteiger partial charge >= 0.3 is 0 Å². The fraction of sp³-hybridized carbons (Fsp3) is 0.613. The third-order valence-electron chi connectivity index (χ3n) is 15.1. The quantitative estimate of drug-likeness (QED) is 0.0121. The van der Waals surface area contributed by atoms with Crippen LogP contribution in [-0.2, 0) is 61.5 Å². The summed E-state index contributed by atoms with van der Waals surface area (Å²) in [6.45, 7) is 28.4. The van der Waals surface area contributed by atoms with Crippen LogP contribution in [0.2, 0.25) is 0 Å². The minimum atomic E-state index is -1.30. The number of epoxide rings is 1. The molecule has 1 heterocycles. The third-order valence-corrected chi connectivity index (χ3v) is 15.1. The van der Waals surface area contributed by atoms with Crippen LogP contribution in [0.3, 0.4) is 0 Å². The first kappa shape index (κ1) is 62.5. The average molecular weight is 1060 g/mol. The van der Waals surface area contributed by atoms with Gasteiger partial charge in [0.15, 0.2) is 0 Å². The molecule has 424 valence electrons. The lowest BCUT2D eigenvalue weighted by molar-refractivity contribution is -0.311. The van der Waals surface area contributed by atoms with Crippen molar-refractivity contribution in [1.29, 1.82) is 0 Å². The zero-order valence-corrected chi connectivity index (χ0v) is 48.0. The van der Waals surface area contributed by atoms with Crippen LogP contribution in [0, 0.1) is 0 Å². The number of hydrogen-bond donors (Lipinski definition) is 8. The smallest absolute Gasteiger partial charge is 0.119 e. The summed E-state index contributed by atoms with van der Waals surface area (Å²) >= 11 is 0. The molecule has 1 fully saturated rings. The van der Waals surface area contributed by atoms with Crippen molar-refractivity contribution in [3.05, 3.63) is 117 Å². The highest BCUT2D eigenvalue weighted by molar-refractivity contribution is 5.52. The van der Waals surface area contributed by atoms with E-state index in [2.05, 4.69) is 121 Å². The van der Waals surface area contributed by atoms with Crippen molar-refractivity contribution in [3.8, 4) is 23.0 Å². The Morgan fingerprint density at radius 1 is 0.461 bits per heavy atom. The van der Waals surface area contributed by atoms with Gasteiger partial charge in [0.1, 0.15) is 54.0 Å². The molecule has 1 aliphatic heterocycles. The molecule has 4 aromatic rings. The predicted molar refractivity (Wildman–Crippen MR) is 295 cm³/mol. The minimum absolute atomic E-state index is 0.0654. The molecular weight excluding hydrogens is 969 g/mol. The molecule has 4 atom stereocenters. The Morgan fingerprint density at radius 3 is 1.03 bits per heavy atom. The van der Waals surface area contributed by atoms with Crippen LogP contribution in [0.5, 0.6) is 23.0 Å². The lowest BCUT2D eigenvalue weighted by Gasteiger charge is -2.36. The number of phenolic OH excluding ortho intramolecular Hbond substituents is 4. The summed E-state index contributed by atoms with van der Waals surface area (Å²) in [5.74, 6) is 0.910. The number of aliphatic hydroxyl groups is 4. The summed E-state index contributed by atoms with van der Waals surface area (Å²) < 4.78 is 11.9. The molecule has 14 heteroatoms. The minimum Gasteiger partial charge on any atom is -0.508 e. The normalized spacial score (nSPS) is 16.8. The van der Waals surface area contributed by atoms with Crippen LogP contribution in [-0.4, -0.2) is 117 Å². The molecule has 76 heavy (non-hydrogen) atoms. The second-order valence-corrected chi connectivity index (χ2v) is 25.8. The summed E-state index contributed by atoms with van der Waals surface area (Å²) in [6.07, 6.45) is -1.85. The van der Waals surface area contributed by atoms with Crippen molar-refractivity contribution in [2.45, 2.75) is 198 Å². The second kappa shape index (κ2) is 25.2. The van der Waals surface area contributed by atoms with Gasteiger partial charge in [0.25, 0.3) is 0 Å². The van der Waals surface area contributed by atoms with Crippen molar-refractivity contribution in [2.75, 3.05) is 46.2 Å². The molecule has 1 aliphatic rings. The summed E-state index contributed by atoms with van der Waals surface area (Å²) in [5.41, 5.74) is 3.63. The first-order valence-electron chi connectivity index (χ1n) is 27.0. The maximum atomic E-state index is 11.4. The van der Waals surface area contributed by atoms with Crippen LogP contribution >= 0.6 is 0 Å². The second-order valence-electron chi connectivity index (χ2n) is 25.8. The molecule has 0 saturated carbocycles. The van der Waals surface area contributed by atoms with Crippen LogP contribution < -0.4 is 0 Å². The van der Waals surface area contributed by atoms with Crippen molar-refractivity contribution >= 4 is 0 Å². The molecule has 8 N–H and O–H groups in total. The van der Waals surface area contributed by atoms with E-state index >= 15 is 0 Å². The molecule has 4 aromatic carbocycles. The first-order chi connectivity index (χ1) is 35.2. The molecule has 1 saturated heterocycles. The van der Waals surface area contributed by atoms with Crippen molar-refractivity contribution in [2.24, 2.45) is 0 Å². The van der Waals surface area contributed by atoms with Crippen LogP contribution in [0.1, 0.15) is 180 Å². The van der Waals surface area contributed by atoms with E-state index in [1.54, 1.807) is 24.3 Å². The van der Waals surface area contributed by atoms with Gasteiger partial charge in [0.05, 0.1) is 45.2 Å². The van der Waals surface area contributed by atoms with Gasteiger partial charge in [0, 0.05) is 23.7 Å². The lowest BCUT2D eigenvalue weighted by atomic mass is 9.70. The topological polar surface area (TPSA) is 221 Å². The molecule has 0 amide bonds. The molecule has 0 aliphatic carbocycles. The molecule has 14 nitrogen and oxygen atoms in total. The van der Waals surface area contributed by atoms with Gasteiger partial charge in [0.2, 0.25) is 0 Å². The average Bonchev–Trinajstić information content (AvgIpc) is 4.18. The number of aromatic hydroxyl groups is 4. The highest BCUT2D eigenvalue weighted by Crippen LogP contribution is 2.46. The van der Waals surface area contributed by atoms with Crippen LogP contribution in [0.25, 0.3) is 0 Å². The molecular formula is C62H92O14. The van der Waals surface area contributed by atoms with E-state index in [0.29, 0.717) is 25.7 Å². The highest BCUT2D eigenvalue weighted by atomic mass is 17.2. The van der Waals surface area contributed by atoms with E-state index in [-0.39, 0.29) is 97.1 Å². The number of aliphatic hydroxyl groups excluding tert-OH is 4. The van der Waals surface area contributed by atoms with Gasteiger partial charge in [-0.05, 0) is 116 Å². The zero-order chi connectivity index (χ0) is 56.7. The van der Waals surface area contributed by atoms with Gasteiger partial charge in [-0.15, -0.1) is 0 Å². The SMILES string of the molecule is CC(C)(C)c1cc(C(C)(CCCOOCC(O)CC(CC(O)COOCCCC(C)(c2ccc(O)c(C(C)(C)C)c2)c2ccc(O)c(C(C)(C)C)c2)(OCC(O)CO)C2CO2)c2ccc(O)c(C(C)(C)C)c2)ccc1O. The highest BCUT2D eigenvalue weighted by Gasteiger charge is 2.51. The Kier molecular flexibility index (Phi) is 20.7. The number of hydrogen-bond acceptors (Lipinski definition) is 14. The van der Waals surface area contributed by atoms with Crippen molar-refractivity contribution < 1.29 is 69.9 Å². The Labute approximate surface area is 452 Å². The van der Waals surface area contributed by atoms with Crippen molar-refractivity contribution in [1.82, 2.24) is 0 Å². The lowest BCUT2D eigenvalue weighted by Crippen LogP contribution is -2.48. The van der Waals surface area contributed by atoms with Crippen LogP contribution in [0.4, 0.5) is 0 Å². The van der Waals surface area contributed by atoms with Gasteiger partial charge in [-0.25, -0.2) is 19.6 Å². The summed E-state index contributed by atoms with van der Waals surface area (Å²) in [7, 11) is 0. The van der Waals surface area contributed by atoms with E-state index in [1.165, 1.54) is 0 Å². The maximum absolute atomic E-state index is 11.4. The molecule has 0 bridgehead atoms. The van der Waals surface area contributed by atoms with E-state index in [0.717, 1.165) is 44.5 Å². The Morgan fingerprint density at radius 2 is 0.763 bits per heavy atom. The van der Waals surface area contributed by atoms with Gasteiger partial charge in [-0.2, -0.15) is 0 Å². The number of rotatable bonds is 27. The Bertz CT molecular complexity index is 2200. The summed E-state index contributed by atoms with van der Waals surface area (Å²) in [4.78, 5) is 22.5.